The van der Waals surface area contributed by atoms with Crippen LogP contribution in [0.25, 0.3) is 0 Å². The second-order valence-electron chi connectivity index (χ2n) is 6.30. The normalized spacial score (nSPS) is 31.2. The summed E-state index contributed by atoms with van der Waals surface area (Å²) in [4.78, 5) is 1.07. The van der Waals surface area contributed by atoms with Gasteiger partial charge in [-0.25, -0.2) is 4.39 Å². The highest BCUT2D eigenvalue weighted by atomic mass is 32.2. The van der Waals surface area contributed by atoms with Crippen molar-refractivity contribution >= 4 is 11.8 Å². The zero-order chi connectivity index (χ0) is 17.2. The smallest absolute Gasteiger partial charge is 0.172 e. The zero-order valence-corrected chi connectivity index (χ0v) is 14.4. The Bertz CT molecular complexity index is 700. The Morgan fingerprint density at radius 3 is 2.64 bits per heavy atom. The summed E-state index contributed by atoms with van der Waals surface area (Å²) >= 11 is 1.57. The Labute approximate surface area is 150 Å². The highest BCUT2D eigenvalue weighted by molar-refractivity contribution is 8.00. The summed E-state index contributed by atoms with van der Waals surface area (Å²) in [5.74, 6) is -0.254. The van der Waals surface area contributed by atoms with E-state index in [0.29, 0.717) is 13.2 Å². The van der Waals surface area contributed by atoms with Crippen molar-refractivity contribution in [2.75, 3.05) is 6.61 Å². The molecule has 0 amide bonds. The monoisotopic (exact) mass is 361 g/mol. The van der Waals surface area contributed by atoms with E-state index < -0.39 is 12.4 Å². The van der Waals surface area contributed by atoms with E-state index in [-0.39, 0.29) is 23.2 Å². The van der Waals surface area contributed by atoms with E-state index in [4.69, 9.17) is 9.47 Å². The quantitative estimate of drug-likeness (QED) is 0.857. The predicted octanol–water partition coefficient (Wildman–Crippen LogP) is 2.56. The summed E-state index contributed by atoms with van der Waals surface area (Å²) in [6.07, 6.45) is -1.17. The molecule has 2 aromatic rings. The molecular weight excluding hydrogens is 341 g/mol. The predicted molar refractivity (Wildman–Crippen MR) is 93.7 cm³/mol. The van der Waals surface area contributed by atoms with Gasteiger partial charge >= 0.3 is 0 Å². The first-order valence-corrected chi connectivity index (χ1v) is 9.23. The summed E-state index contributed by atoms with van der Waals surface area (Å²) in [5.41, 5.74) is 0.960. The van der Waals surface area contributed by atoms with Crippen LogP contribution in [0.3, 0.4) is 0 Å². The molecule has 0 aliphatic carbocycles. The van der Waals surface area contributed by atoms with E-state index in [2.05, 4.69) is 5.32 Å². The minimum atomic E-state index is -0.600. The summed E-state index contributed by atoms with van der Waals surface area (Å²) in [6, 6.07) is 16.1. The Kier molecular flexibility index (Phi) is 5.05. The molecule has 132 valence electrons. The molecule has 0 radical (unpaired) electrons. The fourth-order valence-corrected chi connectivity index (χ4v) is 4.45. The maximum absolute atomic E-state index is 13.0. The van der Waals surface area contributed by atoms with Gasteiger partial charge < -0.3 is 19.9 Å². The van der Waals surface area contributed by atoms with Crippen molar-refractivity contribution < 1.29 is 19.0 Å². The van der Waals surface area contributed by atoms with E-state index in [9.17, 15) is 9.50 Å². The molecule has 2 heterocycles. The highest BCUT2D eigenvalue weighted by Crippen LogP contribution is 2.38. The molecule has 2 fully saturated rings. The number of aliphatic hydroxyl groups is 1. The first-order chi connectivity index (χ1) is 12.2. The molecule has 2 saturated heterocycles. The van der Waals surface area contributed by atoms with Crippen LogP contribution in [0.4, 0.5) is 4.39 Å². The number of hydrogen-bond donors (Lipinski definition) is 2. The van der Waals surface area contributed by atoms with E-state index >= 15 is 0 Å². The molecule has 6 heteroatoms. The summed E-state index contributed by atoms with van der Waals surface area (Å²) in [7, 11) is 0. The Balaban J connectivity index is 1.45. The second-order valence-corrected chi connectivity index (χ2v) is 7.55. The van der Waals surface area contributed by atoms with E-state index in [1.807, 2.05) is 30.3 Å². The van der Waals surface area contributed by atoms with Crippen molar-refractivity contribution in [3.8, 4) is 0 Å². The second kappa shape index (κ2) is 7.43. The van der Waals surface area contributed by atoms with Crippen LogP contribution in [0.1, 0.15) is 5.56 Å². The number of fused-ring (bicyclic) bond motifs is 2. The van der Waals surface area contributed by atoms with Gasteiger partial charge in [0.25, 0.3) is 0 Å². The minimum absolute atomic E-state index is 0.173. The lowest BCUT2D eigenvalue weighted by molar-refractivity contribution is -0.123. The average molecular weight is 361 g/mol. The molecule has 4 nitrogen and oxygen atoms in total. The van der Waals surface area contributed by atoms with Crippen LogP contribution in [0, 0.1) is 5.82 Å². The maximum atomic E-state index is 13.0. The Hall–Kier alpha value is -1.44. The number of ether oxygens (including phenoxy) is 2. The van der Waals surface area contributed by atoms with Crippen molar-refractivity contribution in [3.63, 3.8) is 0 Å². The van der Waals surface area contributed by atoms with Crippen molar-refractivity contribution in [3.05, 3.63) is 66.0 Å². The highest BCUT2D eigenvalue weighted by Gasteiger charge is 2.50. The number of benzene rings is 2. The molecule has 2 bridgehead atoms. The number of rotatable bonds is 5. The Morgan fingerprint density at radius 2 is 1.88 bits per heavy atom. The molecule has 2 N–H and O–H groups in total. The van der Waals surface area contributed by atoms with Gasteiger partial charge in [0.2, 0.25) is 0 Å². The van der Waals surface area contributed by atoms with Crippen LogP contribution in [0.5, 0.6) is 0 Å². The van der Waals surface area contributed by atoms with Gasteiger partial charge in [-0.15, -0.1) is 11.8 Å². The van der Waals surface area contributed by atoms with Gasteiger partial charge in [0, 0.05) is 11.4 Å². The van der Waals surface area contributed by atoms with Crippen LogP contribution in [0.15, 0.2) is 59.5 Å². The fraction of sp³-hybridized carbons (Fsp3) is 0.368. The molecule has 5 atom stereocenters. The van der Waals surface area contributed by atoms with Gasteiger partial charge in [0.15, 0.2) is 6.29 Å². The van der Waals surface area contributed by atoms with Crippen molar-refractivity contribution in [1.29, 1.82) is 0 Å². The number of hydrogen-bond acceptors (Lipinski definition) is 5. The molecular formula is C19H20FNO3S. The van der Waals surface area contributed by atoms with Crippen molar-refractivity contribution in [2.24, 2.45) is 0 Å². The molecule has 2 aliphatic rings. The summed E-state index contributed by atoms with van der Waals surface area (Å²) in [6.45, 7) is 1.00. The molecule has 2 aromatic carbocycles. The SMILES string of the molecule is O[C@H]1[C@H](NCc2ccc(F)cc2)[C@@H]2CO[C@H](O2)[C@H]1Sc1ccccc1. The van der Waals surface area contributed by atoms with Crippen LogP contribution in [-0.2, 0) is 16.0 Å². The topological polar surface area (TPSA) is 50.7 Å². The first kappa shape index (κ1) is 17.0. The van der Waals surface area contributed by atoms with Crippen molar-refractivity contribution in [1.82, 2.24) is 5.32 Å². The third kappa shape index (κ3) is 3.73. The number of nitrogens with one attached hydrogen (secondary N) is 1. The molecule has 25 heavy (non-hydrogen) atoms. The lowest BCUT2D eigenvalue weighted by atomic mass is 9.99. The first-order valence-electron chi connectivity index (χ1n) is 8.35. The van der Waals surface area contributed by atoms with Crippen LogP contribution in [0.2, 0.25) is 0 Å². The zero-order valence-electron chi connectivity index (χ0n) is 13.5. The fourth-order valence-electron chi connectivity index (χ4n) is 3.26. The van der Waals surface area contributed by atoms with Crippen LogP contribution in [-0.4, -0.2) is 41.5 Å². The van der Waals surface area contributed by atoms with E-state index in [1.54, 1.807) is 23.9 Å². The van der Waals surface area contributed by atoms with Crippen LogP contribution < -0.4 is 5.32 Å². The lowest BCUT2D eigenvalue weighted by Gasteiger charge is -2.38. The van der Waals surface area contributed by atoms with Gasteiger partial charge in [-0.2, -0.15) is 0 Å². The number of thioether (sulfide) groups is 1. The standard InChI is InChI=1S/C19H20FNO3S/c20-13-8-6-12(7-9-13)10-21-16-15-11-23-19(24-15)18(17(16)22)25-14-4-2-1-3-5-14/h1-9,15-19,21-22H,10-11H2/t15-,16+,17-,18-,19+/m0/s1. The summed E-state index contributed by atoms with van der Waals surface area (Å²) < 4.78 is 24.7. The minimum Gasteiger partial charge on any atom is -0.390 e. The van der Waals surface area contributed by atoms with Gasteiger partial charge in [-0.05, 0) is 29.8 Å². The van der Waals surface area contributed by atoms with Gasteiger partial charge in [0.1, 0.15) is 11.9 Å². The van der Waals surface area contributed by atoms with Gasteiger partial charge in [-0.3, -0.25) is 0 Å². The molecule has 0 spiro atoms. The lowest BCUT2D eigenvalue weighted by Crippen LogP contribution is -2.58. The number of halogens is 1. The third-order valence-corrected chi connectivity index (χ3v) is 5.90. The van der Waals surface area contributed by atoms with E-state index in [1.165, 1.54) is 12.1 Å². The van der Waals surface area contributed by atoms with Gasteiger partial charge in [-0.1, -0.05) is 30.3 Å². The average Bonchev–Trinajstić information content (AvgIpc) is 3.07. The largest absolute Gasteiger partial charge is 0.390 e. The molecule has 0 aromatic heterocycles. The Morgan fingerprint density at radius 1 is 1.12 bits per heavy atom. The molecule has 0 saturated carbocycles. The van der Waals surface area contributed by atoms with Crippen molar-refractivity contribution in [2.45, 2.75) is 41.2 Å². The van der Waals surface area contributed by atoms with Gasteiger partial charge in [0.05, 0.1) is 24.0 Å². The third-order valence-electron chi connectivity index (χ3n) is 4.58. The molecule has 2 aliphatic heterocycles. The maximum Gasteiger partial charge on any atom is 0.172 e. The summed E-state index contributed by atoms with van der Waals surface area (Å²) in [5, 5.41) is 14.0. The molecule has 0 unspecified atom stereocenters. The van der Waals surface area contributed by atoms with Crippen LogP contribution >= 0.6 is 11.8 Å². The molecule has 4 rings (SSSR count). The van der Waals surface area contributed by atoms with E-state index in [0.717, 1.165) is 10.5 Å². The number of aliphatic hydroxyl groups excluding tert-OH is 1.